The average Bonchev–Trinajstić information content (AvgIpc) is 2.88. The Labute approximate surface area is 153 Å². The number of methoxy groups -OCH3 is 1. The van der Waals surface area contributed by atoms with Crippen molar-refractivity contribution in [2.75, 3.05) is 7.11 Å². The molecule has 0 aliphatic carbocycles. The molecule has 1 aromatic heterocycles. The number of carbonyl (C=O) groups excluding carboxylic acids is 1. The van der Waals surface area contributed by atoms with Gasteiger partial charge in [0, 0.05) is 5.39 Å². The van der Waals surface area contributed by atoms with E-state index in [4.69, 9.17) is 9.47 Å². The first-order chi connectivity index (χ1) is 11.6. The van der Waals surface area contributed by atoms with E-state index in [-0.39, 0.29) is 12.5 Å². The van der Waals surface area contributed by atoms with Crippen LogP contribution in [0.1, 0.15) is 11.1 Å². The third-order valence-electron chi connectivity index (χ3n) is 3.75. The second kappa shape index (κ2) is 7.21. The summed E-state index contributed by atoms with van der Waals surface area (Å²) in [5.74, 6) is 0.500. The Hall–Kier alpha value is -2.09. The number of rotatable bonds is 5. The summed E-state index contributed by atoms with van der Waals surface area (Å²) in [5.41, 5.74) is 3.02. The highest BCUT2D eigenvalue weighted by molar-refractivity contribution is 14.1. The van der Waals surface area contributed by atoms with Crippen molar-refractivity contribution in [3.63, 3.8) is 0 Å². The maximum absolute atomic E-state index is 11.5. The van der Waals surface area contributed by atoms with Crippen LogP contribution in [0.5, 0.6) is 5.75 Å². The van der Waals surface area contributed by atoms with Crippen molar-refractivity contribution >= 4 is 39.5 Å². The van der Waals surface area contributed by atoms with Crippen LogP contribution in [0.15, 0.2) is 42.5 Å². The van der Waals surface area contributed by atoms with Gasteiger partial charge in [0.05, 0.1) is 12.6 Å². The fourth-order valence-corrected chi connectivity index (χ4v) is 3.16. The highest BCUT2D eigenvalue weighted by Crippen LogP contribution is 2.29. The molecule has 0 amide bonds. The fourth-order valence-electron chi connectivity index (χ4n) is 2.46. The lowest BCUT2D eigenvalue weighted by Gasteiger charge is -2.10. The lowest BCUT2D eigenvalue weighted by atomic mass is 10.1. The molecule has 0 unspecified atom stereocenters. The van der Waals surface area contributed by atoms with E-state index >= 15 is 0 Å². The van der Waals surface area contributed by atoms with Gasteiger partial charge in [0.25, 0.3) is 0 Å². The zero-order chi connectivity index (χ0) is 17.1. The Bertz CT molecular complexity index is 875. The van der Waals surface area contributed by atoms with Crippen molar-refractivity contribution in [2.45, 2.75) is 20.1 Å². The van der Waals surface area contributed by atoms with E-state index in [0.29, 0.717) is 6.61 Å². The maximum atomic E-state index is 11.5. The second-order valence-corrected chi connectivity index (χ2v) is 6.46. The van der Waals surface area contributed by atoms with Crippen molar-refractivity contribution in [3.8, 4) is 5.75 Å². The molecule has 1 heterocycles. The topological polar surface area (TPSA) is 53.4 Å². The molecule has 2 aromatic carbocycles. The van der Waals surface area contributed by atoms with Crippen molar-refractivity contribution in [3.05, 3.63) is 57.3 Å². The van der Waals surface area contributed by atoms with Crippen molar-refractivity contribution in [1.29, 1.82) is 0 Å². The zero-order valence-electron chi connectivity index (χ0n) is 13.5. The summed E-state index contributed by atoms with van der Waals surface area (Å²) in [6, 6.07) is 14.0. The first-order valence-electron chi connectivity index (χ1n) is 7.48. The van der Waals surface area contributed by atoms with E-state index in [0.717, 1.165) is 31.5 Å². The lowest BCUT2D eigenvalue weighted by Crippen LogP contribution is -2.12. The van der Waals surface area contributed by atoms with E-state index in [1.54, 1.807) is 4.68 Å². The minimum atomic E-state index is -0.321. The van der Waals surface area contributed by atoms with Gasteiger partial charge in [-0.1, -0.05) is 30.3 Å². The van der Waals surface area contributed by atoms with Crippen LogP contribution < -0.4 is 4.74 Å². The number of aryl methyl sites for hydroxylation is 1. The van der Waals surface area contributed by atoms with Crippen LogP contribution in [0.3, 0.4) is 0 Å². The lowest BCUT2D eigenvalue weighted by molar-refractivity contribution is -0.141. The molecular weight excluding hydrogens is 419 g/mol. The van der Waals surface area contributed by atoms with Gasteiger partial charge in [-0.2, -0.15) is 5.10 Å². The maximum Gasteiger partial charge on any atom is 0.327 e. The molecule has 0 spiro atoms. The highest BCUT2D eigenvalue weighted by atomic mass is 127. The number of hydrogen-bond donors (Lipinski definition) is 0. The van der Waals surface area contributed by atoms with Crippen LogP contribution in [-0.2, 0) is 22.7 Å². The molecule has 6 heteroatoms. The molecule has 3 rings (SSSR count). The minimum Gasteiger partial charge on any atom is -0.489 e. The molecule has 0 aliphatic rings. The summed E-state index contributed by atoms with van der Waals surface area (Å²) >= 11 is 2.17. The second-order valence-electron chi connectivity index (χ2n) is 5.43. The number of esters is 1. The molecule has 0 saturated carbocycles. The monoisotopic (exact) mass is 436 g/mol. The van der Waals surface area contributed by atoms with Crippen molar-refractivity contribution in [2.24, 2.45) is 0 Å². The van der Waals surface area contributed by atoms with Gasteiger partial charge in [0.1, 0.15) is 22.6 Å². The zero-order valence-corrected chi connectivity index (χ0v) is 15.6. The number of carbonyl (C=O) groups is 1. The molecule has 124 valence electrons. The predicted molar refractivity (Wildman–Crippen MR) is 100.0 cm³/mol. The van der Waals surface area contributed by atoms with E-state index < -0.39 is 0 Å². The fraction of sp³-hybridized carbons (Fsp3) is 0.222. The summed E-state index contributed by atoms with van der Waals surface area (Å²) in [7, 11) is 1.37. The van der Waals surface area contributed by atoms with E-state index in [1.165, 1.54) is 7.11 Å². The smallest absolute Gasteiger partial charge is 0.327 e. The average molecular weight is 436 g/mol. The first-order valence-corrected chi connectivity index (χ1v) is 8.56. The number of hydrogen-bond acceptors (Lipinski definition) is 4. The Morgan fingerprint density at radius 3 is 2.71 bits per heavy atom. The van der Waals surface area contributed by atoms with E-state index in [1.807, 2.05) is 49.4 Å². The summed E-state index contributed by atoms with van der Waals surface area (Å²) in [6.45, 7) is 2.60. The van der Waals surface area contributed by atoms with Crippen LogP contribution in [0, 0.1) is 10.6 Å². The number of halogens is 1. The summed E-state index contributed by atoms with van der Waals surface area (Å²) in [4.78, 5) is 11.5. The Morgan fingerprint density at radius 2 is 2.00 bits per heavy atom. The van der Waals surface area contributed by atoms with Crippen LogP contribution >= 0.6 is 22.6 Å². The third-order valence-corrected chi connectivity index (χ3v) is 4.54. The van der Waals surface area contributed by atoms with Gasteiger partial charge in [-0.25, -0.2) is 0 Å². The number of fused-ring (bicyclic) bond motifs is 1. The molecule has 0 saturated heterocycles. The molecule has 0 atom stereocenters. The summed E-state index contributed by atoms with van der Waals surface area (Å²) in [6.07, 6.45) is 0. The normalized spacial score (nSPS) is 10.8. The predicted octanol–water partition coefficient (Wildman–Crippen LogP) is 3.70. The van der Waals surface area contributed by atoms with Gasteiger partial charge >= 0.3 is 5.97 Å². The molecule has 0 fully saturated rings. The third kappa shape index (κ3) is 3.53. The quantitative estimate of drug-likeness (QED) is 0.452. The first kappa shape index (κ1) is 16.8. The van der Waals surface area contributed by atoms with Gasteiger partial charge in [-0.3, -0.25) is 9.48 Å². The van der Waals surface area contributed by atoms with Gasteiger partial charge in [-0.05, 0) is 52.8 Å². The number of nitrogens with zero attached hydrogens (tertiary/aromatic N) is 2. The van der Waals surface area contributed by atoms with Gasteiger partial charge in [-0.15, -0.1) is 0 Å². The van der Waals surface area contributed by atoms with E-state index in [2.05, 4.69) is 27.7 Å². The number of benzene rings is 2. The molecule has 3 aromatic rings. The van der Waals surface area contributed by atoms with Crippen LogP contribution in [0.4, 0.5) is 0 Å². The largest absolute Gasteiger partial charge is 0.489 e. The SMILES string of the molecule is COC(=O)Cn1nc(I)c2cc(OCc3ccccc3)c(C)cc21. The molecule has 24 heavy (non-hydrogen) atoms. The van der Waals surface area contributed by atoms with Gasteiger partial charge in [0.15, 0.2) is 0 Å². The summed E-state index contributed by atoms with van der Waals surface area (Å²) in [5, 5.41) is 5.39. The molecular formula is C18H17IN2O3. The van der Waals surface area contributed by atoms with Crippen molar-refractivity contribution in [1.82, 2.24) is 9.78 Å². The molecule has 0 N–H and O–H groups in total. The minimum absolute atomic E-state index is 0.0969. The van der Waals surface area contributed by atoms with Gasteiger partial charge < -0.3 is 9.47 Å². The van der Waals surface area contributed by atoms with Crippen LogP contribution in [-0.4, -0.2) is 22.9 Å². The van der Waals surface area contributed by atoms with Crippen LogP contribution in [0.25, 0.3) is 10.9 Å². The highest BCUT2D eigenvalue weighted by Gasteiger charge is 2.14. The molecule has 0 bridgehead atoms. The Morgan fingerprint density at radius 1 is 1.25 bits per heavy atom. The van der Waals surface area contributed by atoms with Gasteiger partial charge in [0.2, 0.25) is 0 Å². The Kier molecular flexibility index (Phi) is 5.03. The molecule has 5 nitrogen and oxygen atoms in total. The number of ether oxygens (including phenoxy) is 2. The van der Waals surface area contributed by atoms with Crippen LogP contribution in [0.2, 0.25) is 0 Å². The number of aromatic nitrogens is 2. The Balaban J connectivity index is 1.89. The molecule has 0 radical (unpaired) electrons. The van der Waals surface area contributed by atoms with E-state index in [9.17, 15) is 4.79 Å². The standard InChI is InChI=1S/C18H17IN2O3/c1-12-8-15-14(18(19)20-21(15)10-17(22)23-2)9-16(12)24-11-13-6-4-3-5-7-13/h3-9H,10-11H2,1-2H3. The summed E-state index contributed by atoms with van der Waals surface area (Å²) < 4.78 is 13.2. The molecule has 0 aliphatic heterocycles. The van der Waals surface area contributed by atoms with Crippen molar-refractivity contribution < 1.29 is 14.3 Å².